The summed E-state index contributed by atoms with van der Waals surface area (Å²) in [7, 11) is 3.34. The van der Waals surface area contributed by atoms with Crippen LogP contribution in [0.2, 0.25) is 0 Å². The maximum absolute atomic E-state index is 12.5. The number of hydrogen-bond acceptors (Lipinski definition) is 5. The number of carbonyl (C=O) groups excluding carboxylic acids is 1. The number of ether oxygens (including phenoxy) is 1. The molecule has 0 N–H and O–H groups in total. The maximum Gasteiger partial charge on any atom is 0.332 e. The second-order valence-electron chi connectivity index (χ2n) is 5.74. The Balaban J connectivity index is 2.12. The van der Waals surface area contributed by atoms with Gasteiger partial charge < -0.3 is 9.30 Å². The lowest BCUT2D eigenvalue weighted by Crippen LogP contribution is -2.39. The standard InChI is InChI=1S/C15H22N4O4/c1-10(23-11(2)20)7-5-6-8-19-14(21)12-13(16-9-17(12)3)18(4)15(19)22/h9-10H,5-8H2,1-4H3/t10-/m0/s1. The molecule has 0 bridgehead atoms. The minimum Gasteiger partial charge on any atom is -0.463 e. The van der Waals surface area contributed by atoms with Gasteiger partial charge in [-0.1, -0.05) is 0 Å². The summed E-state index contributed by atoms with van der Waals surface area (Å²) in [5.41, 5.74) is 0.119. The van der Waals surface area contributed by atoms with Crippen molar-refractivity contribution in [3.8, 4) is 0 Å². The van der Waals surface area contributed by atoms with E-state index in [-0.39, 0.29) is 23.3 Å². The third kappa shape index (κ3) is 3.52. The van der Waals surface area contributed by atoms with E-state index in [4.69, 9.17) is 4.74 Å². The molecule has 0 amide bonds. The quantitative estimate of drug-likeness (QED) is 0.572. The van der Waals surface area contributed by atoms with Crippen molar-refractivity contribution >= 4 is 17.1 Å². The van der Waals surface area contributed by atoms with E-state index in [0.717, 1.165) is 6.42 Å². The molecule has 0 radical (unpaired) electrons. The first-order valence-corrected chi connectivity index (χ1v) is 7.61. The number of aromatic nitrogens is 4. The fourth-order valence-electron chi connectivity index (χ4n) is 2.64. The van der Waals surface area contributed by atoms with Crippen LogP contribution in [0.3, 0.4) is 0 Å². The molecule has 1 atom stereocenters. The summed E-state index contributed by atoms with van der Waals surface area (Å²) in [4.78, 5) is 39.7. The zero-order valence-electron chi connectivity index (χ0n) is 13.9. The van der Waals surface area contributed by atoms with E-state index in [9.17, 15) is 14.4 Å². The maximum atomic E-state index is 12.5. The summed E-state index contributed by atoms with van der Waals surface area (Å²) >= 11 is 0. The van der Waals surface area contributed by atoms with E-state index in [2.05, 4.69) is 4.98 Å². The Morgan fingerprint density at radius 3 is 2.65 bits per heavy atom. The molecule has 0 aliphatic carbocycles. The van der Waals surface area contributed by atoms with E-state index < -0.39 is 0 Å². The largest absolute Gasteiger partial charge is 0.463 e. The van der Waals surface area contributed by atoms with E-state index >= 15 is 0 Å². The first-order valence-electron chi connectivity index (χ1n) is 7.61. The van der Waals surface area contributed by atoms with Crippen molar-refractivity contribution in [3.63, 3.8) is 0 Å². The molecule has 23 heavy (non-hydrogen) atoms. The first-order chi connectivity index (χ1) is 10.8. The third-order valence-electron chi connectivity index (χ3n) is 3.81. The highest BCUT2D eigenvalue weighted by molar-refractivity contribution is 5.69. The Morgan fingerprint density at radius 2 is 2.00 bits per heavy atom. The highest BCUT2D eigenvalue weighted by Gasteiger charge is 2.14. The molecule has 8 nitrogen and oxygen atoms in total. The normalized spacial score (nSPS) is 12.5. The molecule has 126 valence electrons. The monoisotopic (exact) mass is 322 g/mol. The number of carbonyl (C=O) groups is 1. The summed E-state index contributed by atoms with van der Waals surface area (Å²) in [6, 6.07) is 0. The molecule has 2 aromatic rings. The van der Waals surface area contributed by atoms with Gasteiger partial charge in [-0.2, -0.15) is 0 Å². The lowest BCUT2D eigenvalue weighted by Gasteiger charge is -2.12. The third-order valence-corrected chi connectivity index (χ3v) is 3.81. The number of fused-ring (bicyclic) bond motifs is 1. The molecule has 0 saturated carbocycles. The van der Waals surface area contributed by atoms with Crippen LogP contribution in [-0.2, 0) is 30.2 Å². The Bertz CT molecular complexity index is 830. The predicted octanol–water partition coefficient (Wildman–Crippen LogP) is 0.556. The van der Waals surface area contributed by atoms with Gasteiger partial charge in [0.05, 0.1) is 12.4 Å². The van der Waals surface area contributed by atoms with E-state index in [0.29, 0.717) is 30.6 Å². The highest BCUT2D eigenvalue weighted by atomic mass is 16.5. The van der Waals surface area contributed by atoms with Gasteiger partial charge in [0.2, 0.25) is 0 Å². The van der Waals surface area contributed by atoms with Crippen LogP contribution in [0.1, 0.15) is 33.1 Å². The van der Waals surface area contributed by atoms with Crippen molar-refractivity contribution in [1.82, 2.24) is 18.7 Å². The van der Waals surface area contributed by atoms with Crippen molar-refractivity contribution in [1.29, 1.82) is 0 Å². The Labute approximate surface area is 133 Å². The average Bonchev–Trinajstić information content (AvgIpc) is 2.85. The fraction of sp³-hybridized carbons (Fsp3) is 0.600. The Hall–Kier alpha value is -2.38. The van der Waals surface area contributed by atoms with Crippen molar-refractivity contribution < 1.29 is 9.53 Å². The van der Waals surface area contributed by atoms with E-state index in [1.165, 1.54) is 22.4 Å². The summed E-state index contributed by atoms with van der Waals surface area (Å²) in [6.45, 7) is 3.54. The van der Waals surface area contributed by atoms with Crippen LogP contribution in [0.15, 0.2) is 15.9 Å². The van der Waals surface area contributed by atoms with Gasteiger partial charge in [0, 0.05) is 27.6 Å². The van der Waals surface area contributed by atoms with Crippen molar-refractivity contribution in [2.45, 2.75) is 45.8 Å². The van der Waals surface area contributed by atoms with Gasteiger partial charge in [-0.25, -0.2) is 9.78 Å². The van der Waals surface area contributed by atoms with E-state index in [1.54, 1.807) is 18.7 Å². The lowest BCUT2D eigenvalue weighted by molar-refractivity contribution is -0.145. The minimum atomic E-state index is -0.366. The van der Waals surface area contributed by atoms with E-state index in [1.807, 2.05) is 6.92 Å². The molecule has 0 aliphatic heterocycles. The van der Waals surface area contributed by atoms with Gasteiger partial charge in [0.1, 0.15) is 0 Å². The number of esters is 1. The number of hydrogen-bond donors (Lipinski definition) is 0. The topological polar surface area (TPSA) is 88.1 Å². The van der Waals surface area contributed by atoms with Crippen molar-refractivity contribution in [3.05, 3.63) is 27.2 Å². The van der Waals surface area contributed by atoms with Crippen LogP contribution in [0.4, 0.5) is 0 Å². The molecule has 2 aromatic heterocycles. The molecule has 0 fully saturated rings. The number of nitrogens with zero attached hydrogens (tertiary/aromatic N) is 4. The Morgan fingerprint density at radius 1 is 1.30 bits per heavy atom. The minimum absolute atomic E-state index is 0.161. The molecule has 0 spiro atoms. The number of aryl methyl sites for hydroxylation is 2. The van der Waals surface area contributed by atoms with Gasteiger partial charge in [-0.05, 0) is 26.2 Å². The van der Waals surface area contributed by atoms with Gasteiger partial charge >= 0.3 is 11.7 Å². The average molecular weight is 322 g/mol. The van der Waals surface area contributed by atoms with Crippen LogP contribution in [0.25, 0.3) is 11.2 Å². The van der Waals surface area contributed by atoms with Gasteiger partial charge in [-0.15, -0.1) is 0 Å². The molecule has 8 heteroatoms. The molecule has 0 aliphatic rings. The van der Waals surface area contributed by atoms with Gasteiger partial charge in [0.15, 0.2) is 11.2 Å². The molecule has 0 aromatic carbocycles. The first kappa shape index (κ1) is 17.0. The fourth-order valence-corrected chi connectivity index (χ4v) is 2.64. The second-order valence-corrected chi connectivity index (χ2v) is 5.74. The molecule has 0 unspecified atom stereocenters. The predicted molar refractivity (Wildman–Crippen MR) is 85.3 cm³/mol. The Kier molecular flexibility index (Phi) is 5.02. The van der Waals surface area contributed by atoms with Gasteiger partial charge in [-0.3, -0.25) is 18.7 Å². The number of rotatable bonds is 6. The number of imidazole rings is 1. The molecule has 0 saturated heterocycles. The SMILES string of the molecule is CC(=O)O[C@@H](C)CCCCn1c(=O)c2c(ncn2C)n(C)c1=O. The van der Waals surface area contributed by atoms with Crippen molar-refractivity contribution in [2.75, 3.05) is 0 Å². The highest BCUT2D eigenvalue weighted by Crippen LogP contribution is 2.06. The smallest absolute Gasteiger partial charge is 0.332 e. The number of unbranched alkanes of at least 4 members (excludes halogenated alkanes) is 1. The zero-order chi connectivity index (χ0) is 17.1. The lowest BCUT2D eigenvalue weighted by atomic mass is 10.2. The van der Waals surface area contributed by atoms with Crippen LogP contribution in [0, 0.1) is 0 Å². The summed E-state index contributed by atoms with van der Waals surface area (Å²) in [5, 5.41) is 0. The molecular formula is C15H22N4O4. The summed E-state index contributed by atoms with van der Waals surface area (Å²) < 4.78 is 9.29. The molecule has 2 rings (SSSR count). The van der Waals surface area contributed by atoms with Crippen LogP contribution in [-0.4, -0.2) is 30.8 Å². The van der Waals surface area contributed by atoms with Crippen molar-refractivity contribution in [2.24, 2.45) is 14.1 Å². The molecular weight excluding hydrogens is 300 g/mol. The van der Waals surface area contributed by atoms with Crippen LogP contribution in [0.5, 0.6) is 0 Å². The summed E-state index contributed by atoms with van der Waals surface area (Å²) in [5.74, 6) is -0.302. The van der Waals surface area contributed by atoms with Gasteiger partial charge in [0.25, 0.3) is 5.56 Å². The summed E-state index contributed by atoms with van der Waals surface area (Å²) in [6.07, 6.45) is 3.48. The van der Waals surface area contributed by atoms with Crippen LogP contribution < -0.4 is 11.2 Å². The second kappa shape index (κ2) is 6.80. The van der Waals surface area contributed by atoms with Crippen LogP contribution >= 0.6 is 0 Å². The zero-order valence-corrected chi connectivity index (χ0v) is 13.9. The molecule has 2 heterocycles.